The van der Waals surface area contributed by atoms with Gasteiger partial charge in [0.25, 0.3) is 5.91 Å². The number of amides is 1. The first-order chi connectivity index (χ1) is 9.88. The highest BCUT2D eigenvalue weighted by molar-refractivity contribution is 14.1. The lowest BCUT2D eigenvalue weighted by Gasteiger charge is -2.09. The molecule has 0 radical (unpaired) electrons. The minimum atomic E-state index is -0.201. The number of halogens is 3. The van der Waals surface area contributed by atoms with Crippen LogP contribution in [0.3, 0.4) is 0 Å². The Labute approximate surface area is 141 Å². The molecule has 5 heteroatoms. The van der Waals surface area contributed by atoms with Crippen LogP contribution >= 0.6 is 34.2 Å². The maximum absolute atomic E-state index is 13.6. The number of benzene rings is 2. The van der Waals surface area contributed by atoms with Gasteiger partial charge in [-0.1, -0.05) is 23.7 Å². The van der Waals surface area contributed by atoms with E-state index in [1.54, 1.807) is 44.2 Å². The normalized spacial score (nSPS) is 10.5. The van der Waals surface area contributed by atoms with E-state index in [0.29, 0.717) is 28.3 Å². The number of hydrogen-bond acceptors (Lipinski definition) is 1. The zero-order chi connectivity index (χ0) is 15.6. The third kappa shape index (κ3) is 3.95. The van der Waals surface area contributed by atoms with Crippen molar-refractivity contribution in [3.05, 3.63) is 67.0 Å². The van der Waals surface area contributed by atoms with Crippen LogP contribution in [-0.4, -0.2) is 5.91 Å². The van der Waals surface area contributed by atoms with Gasteiger partial charge in [-0.15, -0.1) is 0 Å². The second-order valence-electron chi connectivity index (χ2n) is 4.86. The molecule has 2 nitrogen and oxygen atoms in total. The Kier molecular flexibility index (Phi) is 5.22. The van der Waals surface area contributed by atoms with Crippen molar-refractivity contribution < 1.29 is 9.18 Å². The Bertz CT molecular complexity index is 680. The summed E-state index contributed by atoms with van der Waals surface area (Å²) in [6, 6.07) is 8.64. The van der Waals surface area contributed by atoms with E-state index in [4.69, 9.17) is 11.6 Å². The number of carbonyl (C=O) groups excluding carboxylic acids is 1. The van der Waals surface area contributed by atoms with Gasteiger partial charge in [0.05, 0.1) is 5.02 Å². The van der Waals surface area contributed by atoms with E-state index in [9.17, 15) is 9.18 Å². The first kappa shape index (κ1) is 16.2. The van der Waals surface area contributed by atoms with Crippen molar-refractivity contribution >= 4 is 40.1 Å². The molecule has 0 saturated heterocycles. The summed E-state index contributed by atoms with van der Waals surface area (Å²) >= 11 is 8.11. The van der Waals surface area contributed by atoms with E-state index in [-0.39, 0.29) is 11.7 Å². The minimum Gasteiger partial charge on any atom is -0.348 e. The van der Waals surface area contributed by atoms with Gasteiger partial charge in [0.2, 0.25) is 0 Å². The fourth-order valence-corrected chi connectivity index (χ4v) is 2.58. The fourth-order valence-electron chi connectivity index (χ4n) is 2.06. The summed E-state index contributed by atoms with van der Waals surface area (Å²) in [7, 11) is 0. The van der Waals surface area contributed by atoms with Crippen molar-refractivity contribution in [2.45, 2.75) is 20.4 Å². The van der Waals surface area contributed by atoms with Crippen molar-refractivity contribution in [1.82, 2.24) is 5.32 Å². The van der Waals surface area contributed by atoms with Gasteiger partial charge in [-0.25, -0.2) is 4.39 Å². The van der Waals surface area contributed by atoms with Gasteiger partial charge >= 0.3 is 0 Å². The maximum atomic E-state index is 13.6. The summed E-state index contributed by atoms with van der Waals surface area (Å²) in [5, 5.41) is 3.37. The monoisotopic (exact) mass is 417 g/mol. The number of carbonyl (C=O) groups is 1. The Morgan fingerprint density at radius 3 is 2.43 bits per heavy atom. The molecular formula is C16H14ClFINO. The van der Waals surface area contributed by atoms with Crippen LogP contribution < -0.4 is 5.32 Å². The lowest BCUT2D eigenvalue weighted by molar-refractivity contribution is 0.0951. The summed E-state index contributed by atoms with van der Waals surface area (Å²) in [5.74, 6) is -0.401. The van der Waals surface area contributed by atoms with Crippen molar-refractivity contribution in [3.8, 4) is 0 Å². The Hall–Kier alpha value is -1.14. The first-order valence-corrected chi connectivity index (χ1v) is 7.83. The van der Waals surface area contributed by atoms with Crippen LogP contribution in [-0.2, 0) is 6.54 Å². The Morgan fingerprint density at radius 1 is 1.24 bits per heavy atom. The standard InChI is InChI=1S/C16H14ClFINO/c1-9-5-11(6-10(2)15(9)18)8-20-16(21)12-3-4-14(19)13(17)7-12/h3-7H,8H2,1-2H3,(H,20,21). The van der Waals surface area contributed by atoms with E-state index in [0.717, 1.165) is 9.13 Å². The molecule has 2 rings (SSSR count). The fraction of sp³-hybridized carbons (Fsp3) is 0.188. The third-order valence-corrected chi connectivity index (χ3v) is 4.70. The lowest BCUT2D eigenvalue weighted by atomic mass is 10.1. The van der Waals surface area contributed by atoms with E-state index in [1.165, 1.54) is 0 Å². The molecule has 21 heavy (non-hydrogen) atoms. The van der Waals surface area contributed by atoms with Gasteiger partial charge in [-0.3, -0.25) is 4.79 Å². The predicted molar refractivity (Wildman–Crippen MR) is 91.2 cm³/mol. The van der Waals surface area contributed by atoms with Gasteiger partial charge in [0.1, 0.15) is 5.82 Å². The molecule has 0 fully saturated rings. The average molecular weight is 418 g/mol. The van der Waals surface area contributed by atoms with Gasteiger partial charge in [-0.05, 0) is 71.3 Å². The molecule has 0 unspecified atom stereocenters. The molecule has 0 aliphatic rings. The zero-order valence-corrected chi connectivity index (χ0v) is 14.5. The van der Waals surface area contributed by atoms with E-state index in [2.05, 4.69) is 27.9 Å². The average Bonchev–Trinajstić information content (AvgIpc) is 2.44. The van der Waals surface area contributed by atoms with Crippen molar-refractivity contribution in [2.75, 3.05) is 0 Å². The van der Waals surface area contributed by atoms with Gasteiger partial charge in [0, 0.05) is 15.7 Å². The summed E-state index contributed by atoms with van der Waals surface area (Å²) in [5.41, 5.74) is 2.54. The predicted octanol–water partition coefficient (Wildman–Crippen LogP) is 4.63. The SMILES string of the molecule is Cc1cc(CNC(=O)c2ccc(I)c(Cl)c2)cc(C)c1F. The van der Waals surface area contributed by atoms with E-state index >= 15 is 0 Å². The molecule has 1 amide bonds. The smallest absolute Gasteiger partial charge is 0.251 e. The summed E-state index contributed by atoms with van der Waals surface area (Å²) in [6.45, 7) is 3.78. The van der Waals surface area contributed by atoms with E-state index < -0.39 is 0 Å². The van der Waals surface area contributed by atoms with Crippen molar-refractivity contribution in [3.63, 3.8) is 0 Å². The third-order valence-electron chi connectivity index (χ3n) is 3.13. The Balaban J connectivity index is 2.09. The molecule has 0 aliphatic heterocycles. The Morgan fingerprint density at radius 2 is 1.86 bits per heavy atom. The summed E-state index contributed by atoms with van der Waals surface area (Å²) in [6.07, 6.45) is 0. The molecule has 1 N–H and O–H groups in total. The van der Waals surface area contributed by atoms with Crippen LogP contribution in [0.1, 0.15) is 27.0 Å². The van der Waals surface area contributed by atoms with Gasteiger partial charge in [-0.2, -0.15) is 0 Å². The molecule has 0 saturated carbocycles. The number of aryl methyl sites for hydroxylation is 2. The zero-order valence-electron chi connectivity index (χ0n) is 11.6. The quantitative estimate of drug-likeness (QED) is 0.725. The highest BCUT2D eigenvalue weighted by Gasteiger charge is 2.09. The molecule has 0 heterocycles. The van der Waals surface area contributed by atoms with Crippen LogP contribution in [0.25, 0.3) is 0 Å². The molecule has 0 spiro atoms. The molecule has 2 aromatic carbocycles. The van der Waals surface area contributed by atoms with Gasteiger partial charge in [0.15, 0.2) is 0 Å². The van der Waals surface area contributed by atoms with E-state index in [1.807, 2.05) is 0 Å². The van der Waals surface area contributed by atoms with Crippen LogP contribution in [0.15, 0.2) is 30.3 Å². The van der Waals surface area contributed by atoms with Gasteiger partial charge < -0.3 is 5.32 Å². The minimum absolute atomic E-state index is 0.200. The molecule has 0 atom stereocenters. The number of rotatable bonds is 3. The summed E-state index contributed by atoms with van der Waals surface area (Å²) in [4.78, 5) is 12.1. The molecule has 0 bridgehead atoms. The molecule has 0 aliphatic carbocycles. The second kappa shape index (κ2) is 6.75. The van der Waals surface area contributed by atoms with Crippen molar-refractivity contribution in [2.24, 2.45) is 0 Å². The highest BCUT2D eigenvalue weighted by Crippen LogP contribution is 2.20. The lowest BCUT2D eigenvalue weighted by Crippen LogP contribution is -2.23. The van der Waals surface area contributed by atoms with Crippen molar-refractivity contribution in [1.29, 1.82) is 0 Å². The molecular weight excluding hydrogens is 404 g/mol. The molecule has 0 aromatic heterocycles. The van der Waals surface area contributed by atoms with Crippen LogP contribution in [0.4, 0.5) is 4.39 Å². The number of hydrogen-bond donors (Lipinski definition) is 1. The number of nitrogens with one attached hydrogen (secondary N) is 1. The molecule has 110 valence electrons. The van der Waals surface area contributed by atoms with Crippen LogP contribution in [0.2, 0.25) is 5.02 Å². The largest absolute Gasteiger partial charge is 0.348 e. The topological polar surface area (TPSA) is 29.1 Å². The van der Waals surface area contributed by atoms with Crippen LogP contribution in [0, 0.1) is 23.2 Å². The summed E-state index contributed by atoms with van der Waals surface area (Å²) < 4.78 is 14.5. The first-order valence-electron chi connectivity index (χ1n) is 6.37. The highest BCUT2D eigenvalue weighted by atomic mass is 127. The molecule has 2 aromatic rings. The maximum Gasteiger partial charge on any atom is 0.251 e. The second-order valence-corrected chi connectivity index (χ2v) is 6.42. The van der Waals surface area contributed by atoms with Crippen LogP contribution in [0.5, 0.6) is 0 Å².